The van der Waals surface area contributed by atoms with E-state index in [9.17, 15) is 9.90 Å². The van der Waals surface area contributed by atoms with Crippen molar-refractivity contribution in [2.45, 2.75) is 39.7 Å². The summed E-state index contributed by atoms with van der Waals surface area (Å²) in [5.41, 5.74) is 2.55. The second-order valence-corrected chi connectivity index (χ2v) is 6.41. The molecule has 1 aromatic rings. The van der Waals surface area contributed by atoms with Crippen LogP contribution in [-0.2, 0) is 11.2 Å². The van der Waals surface area contributed by atoms with Gasteiger partial charge in [-0.2, -0.15) is 0 Å². The van der Waals surface area contributed by atoms with Crippen molar-refractivity contribution in [1.29, 1.82) is 0 Å². The molecule has 0 spiro atoms. The molecule has 0 aromatic heterocycles. The fourth-order valence-electron chi connectivity index (χ4n) is 2.79. The van der Waals surface area contributed by atoms with Crippen LogP contribution in [0.2, 0.25) is 0 Å². The van der Waals surface area contributed by atoms with Gasteiger partial charge in [0.1, 0.15) is 0 Å². The minimum absolute atomic E-state index is 0.00944. The molecule has 21 heavy (non-hydrogen) atoms. The number of hydrogen-bond acceptors (Lipinski definition) is 3. The monoisotopic (exact) mass is 290 g/mol. The highest BCUT2D eigenvalue weighted by atomic mass is 16.3. The molecule has 0 saturated carbocycles. The maximum absolute atomic E-state index is 12.2. The molecule has 2 N–H and O–H groups in total. The SMILES string of the molecule is CCc1cccc(C)c1NC(=O)CN1CC(O)(C(C)C)C1. The Hall–Kier alpha value is -1.39. The number of anilines is 1. The molecule has 4 heteroatoms. The van der Waals surface area contributed by atoms with Crippen LogP contribution >= 0.6 is 0 Å². The van der Waals surface area contributed by atoms with E-state index in [4.69, 9.17) is 0 Å². The Kier molecular flexibility index (Phi) is 4.69. The van der Waals surface area contributed by atoms with Gasteiger partial charge in [-0.05, 0) is 30.4 Å². The zero-order chi connectivity index (χ0) is 15.6. The molecule has 0 bridgehead atoms. The average molecular weight is 290 g/mol. The molecule has 1 aliphatic heterocycles. The number of aliphatic hydroxyl groups is 1. The molecule has 0 radical (unpaired) electrons. The van der Waals surface area contributed by atoms with E-state index in [1.165, 1.54) is 0 Å². The molecule has 0 unspecified atom stereocenters. The zero-order valence-electron chi connectivity index (χ0n) is 13.4. The normalized spacial score (nSPS) is 17.6. The molecule has 1 heterocycles. The van der Waals surface area contributed by atoms with Gasteiger partial charge >= 0.3 is 0 Å². The van der Waals surface area contributed by atoms with Gasteiger partial charge in [-0.25, -0.2) is 0 Å². The molecular formula is C17H26N2O2. The summed E-state index contributed by atoms with van der Waals surface area (Å²) in [4.78, 5) is 14.2. The highest BCUT2D eigenvalue weighted by molar-refractivity contribution is 5.93. The molecule has 1 fully saturated rings. The lowest BCUT2D eigenvalue weighted by molar-refractivity contribution is -0.139. The van der Waals surface area contributed by atoms with Gasteiger partial charge in [0.25, 0.3) is 0 Å². The number of β-amino-alcohol motifs (C(OH)–C–C–N with tert-alkyl or cyclic N) is 1. The lowest BCUT2D eigenvalue weighted by Gasteiger charge is -2.48. The summed E-state index contributed by atoms with van der Waals surface area (Å²) in [6.45, 7) is 9.61. The molecule has 2 rings (SSSR count). The summed E-state index contributed by atoms with van der Waals surface area (Å²) in [7, 11) is 0. The van der Waals surface area contributed by atoms with Gasteiger partial charge in [0, 0.05) is 18.8 Å². The van der Waals surface area contributed by atoms with Crippen LogP contribution in [0, 0.1) is 12.8 Å². The minimum Gasteiger partial charge on any atom is -0.387 e. The standard InChI is InChI=1S/C17H26N2O2/c1-5-14-8-6-7-13(4)16(14)18-15(20)9-19-10-17(21,11-19)12(2)3/h6-8,12,21H,5,9-11H2,1-4H3,(H,18,20). The largest absolute Gasteiger partial charge is 0.387 e. The van der Waals surface area contributed by atoms with Gasteiger partial charge in [-0.1, -0.05) is 39.0 Å². The van der Waals surface area contributed by atoms with E-state index < -0.39 is 5.60 Å². The zero-order valence-corrected chi connectivity index (χ0v) is 13.4. The highest BCUT2D eigenvalue weighted by Crippen LogP contribution is 2.28. The van der Waals surface area contributed by atoms with Crippen LogP contribution in [0.15, 0.2) is 18.2 Å². The van der Waals surface area contributed by atoms with Crippen LogP contribution in [0.25, 0.3) is 0 Å². The third-order valence-corrected chi connectivity index (χ3v) is 4.44. The van der Waals surface area contributed by atoms with Gasteiger partial charge < -0.3 is 10.4 Å². The van der Waals surface area contributed by atoms with E-state index in [0.29, 0.717) is 19.6 Å². The van der Waals surface area contributed by atoms with Crippen molar-refractivity contribution in [3.63, 3.8) is 0 Å². The van der Waals surface area contributed by atoms with Crippen molar-refractivity contribution in [3.8, 4) is 0 Å². The quantitative estimate of drug-likeness (QED) is 0.874. The molecule has 0 aliphatic carbocycles. The van der Waals surface area contributed by atoms with Crippen molar-refractivity contribution >= 4 is 11.6 Å². The lowest BCUT2D eigenvalue weighted by Crippen LogP contribution is -2.65. The Morgan fingerprint density at radius 2 is 2.10 bits per heavy atom. The number of para-hydroxylation sites is 1. The van der Waals surface area contributed by atoms with Gasteiger partial charge in [0.2, 0.25) is 5.91 Å². The van der Waals surface area contributed by atoms with Crippen molar-refractivity contribution in [2.75, 3.05) is 25.0 Å². The van der Waals surface area contributed by atoms with E-state index >= 15 is 0 Å². The summed E-state index contributed by atoms with van der Waals surface area (Å²) in [6.07, 6.45) is 0.897. The Morgan fingerprint density at radius 1 is 1.43 bits per heavy atom. The van der Waals surface area contributed by atoms with E-state index in [1.54, 1.807) is 0 Å². The Balaban J connectivity index is 1.92. The third kappa shape index (κ3) is 3.44. The molecule has 116 valence electrons. The van der Waals surface area contributed by atoms with Crippen LogP contribution in [0.3, 0.4) is 0 Å². The summed E-state index contributed by atoms with van der Waals surface area (Å²) in [5.74, 6) is 0.213. The number of nitrogens with one attached hydrogen (secondary N) is 1. The van der Waals surface area contributed by atoms with Crippen LogP contribution in [0.4, 0.5) is 5.69 Å². The first-order valence-corrected chi connectivity index (χ1v) is 7.69. The third-order valence-electron chi connectivity index (χ3n) is 4.44. The van der Waals surface area contributed by atoms with E-state index in [-0.39, 0.29) is 11.8 Å². The topological polar surface area (TPSA) is 52.6 Å². The predicted molar refractivity (Wildman–Crippen MR) is 85.4 cm³/mol. The number of hydrogen-bond donors (Lipinski definition) is 2. The lowest BCUT2D eigenvalue weighted by atomic mass is 9.83. The predicted octanol–water partition coefficient (Wildman–Crippen LogP) is 2.20. The number of rotatable bonds is 5. The van der Waals surface area contributed by atoms with Crippen molar-refractivity contribution < 1.29 is 9.90 Å². The minimum atomic E-state index is -0.627. The second-order valence-electron chi connectivity index (χ2n) is 6.41. The average Bonchev–Trinajstić information content (AvgIpc) is 2.38. The smallest absolute Gasteiger partial charge is 0.238 e. The van der Waals surface area contributed by atoms with Crippen molar-refractivity contribution in [2.24, 2.45) is 5.92 Å². The number of aryl methyl sites for hydroxylation is 2. The van der Waals surface area contributed by atoms with Crippen molar-refractivity contribution in [3.05, 3.63) is 29.3 Å². The maximum atomic E-state index is 12.2. The summed E-state index contributed by atoms with van der Waals surface area (Å²) in [5, 5.41) is 13.2. The Morgan fingerprint density at radius 3 is 2.67 bits per heavy atom. The summed E-state index contributed by atoms with van der Waals surface area (Å²) in [6, 6.07) is 6.07. The second kappa shape index (κ2) is 6.16. The Labute approximate surface area is 127 Å². The number of carbonyl (C=O) groups excluding carboxylic acids is 1. The van der Waals surface area contributed by atoms with Crippen LogP contribution in [0.1, 0.15) is 31.9 Å². The molecule has 4 nitrogen and oxygen atoms in total. The van der Waals surface area contributed by atoms with Crippen LogP contribution in [0.5, 0.6) is 0 Å². The molecule has 1 aromatic carbocycles. The number of benzene rings is 1. The van der Waals surface area contributed by atoms with Crippen LogP contribution < -0.4 is 5.32 Å². The summed E-state index contributed by atoms with van der Waals surface area (Å²) < 4.78 is 0. The number of carbonyl (C=O) groups is 1. The number of nitrogens with zero attached hydrogens (tertiary/aromatic N) is 1. The highest BCUT2D eigenvalue weighted by Gasteiger charge is 2.43. The first-order valence-electron chi connectivity index (χ1n) is 7.69. The molecular weight excluding hydrogens is 264 g/mol. The van der Waals surface area contributed by atoms with E-state index in [0.717, 1.165) is 23.2 Å². The fourth-order valence-corrected chi connectivity index (χ4v) is 2.79. The molecule has 1 aliphatic rings. The van der Waals surface area contributed by atoms with E-state index in [2.05, 4.69) is 12.2 Å². The van der Waals surface area contributed by atoms with Crippen LogP contribution in [-0.4, -0.2) is 41.1 Å². The first kappa shape index (κ1) is 16.0. The van der Waals surface area contributed by atoms with Gasteiger partial charge in [-0.3, -0.25) is 9.69 Å². The van der Waals surface area contributed by atoms with Gasteiger partial charge in [0.15, 0.2) is 0 Å². The fraction of sp³-hybridized carbons (Fsp3) is 0.588. The first-order chi connectivity index (χ1) is 9.85. The maximum Gasteiger partial charge on any atom is 0.238 e. The number of likely N-dealkylation sites (tertiary alicyclic amines) is 1. The molecule has 1 amide bonds. The van der Waals surface area contributed by atoms with E-state index in [1.807, 2.05) is 43.9 Å². The summed E-state index contributed by atoms with van der Waals surface area (Å²) >= 11 is 0. The number of amides is 1. The Bertz CT molecular complexity index is 520. The molecule has 1 saturated heterocycles. The van der Waals surface area contributed by atoms with Gasteiger partial charge in [-0.15, -0.1) is 0 Å². The molecule has 0 atom stereocenters. The van der Waals surface area contributed by atoms with Crippen molar-refractivity contribution in [1.82, 2.24) is 4.90 Å². The van der Waals surface area contributed by atoms with Gasteiger partial charge in [0.05, 0.1) is 12.1 Å².